The van der Waals surface area contributed by atoms with E-state index in [0.717, 1.165) is 12.1 Å². The van der Waals surface area contributed by atoms with Gasteiger partial charge in [-0.15, -0.1) is 0 Å². The van der Waals surface area contributed by atoms with Crippen molar-refractivity contribution >= 4 is 6.21 Å². The molecule has 9 heavy (non-hydrogen) atoms. The third kappa shape index (κ3) is 1.60. The van der Waals surface area contributed by atoms with Crippen molar-refractivity contribution in [1.82, 2.24) is 5.32 Å². The molecule has 0 aromatic heterocycles. The second-order valence-electron chi connectivity index (χ2n) is 1.73. The van der Waals surface area contributed by atoms with E-state index in [1.807, 2.05) is 18.4 Å². The first kappa shape index (κ1) is 5.88. The molecule has 1 aliphatic heterocycles. The molecule has 2 N–H and O–H groups in total. The molecule has 0 aliphatic carbocycles. The van der Waals surface area contributed by atoms with Crippen molar-refractivity contribution in [3.8, 4) is 0 Å². The molecule has 3 nitrogen and oxygen atoms in total. The van der Waals surface area contributed by atoms with E-state index < -0.39 is 0 Å². The van der Waals surface area contributed by atoms with E-state index in [-0.39, 0.29) is 0 Å². The molecule has 0 spiro atoms. The normalized spacial score (nSPS) is 17.6. The summed E-state index contributed by atoms with van der Waals surface area (Å²) in [5.41, 5.74) is 0.972. The predicted octanol–water partition coefficient (Wildman–Crippen LogP) is 0.490. The van der Waals surface area contributed by atoms with Crippen molar-refractivity contribution in [2.24, 2.45) is 5.16 Å². The van der Waals surface area contributed by atoms with E-state index in [4.69, 9.17) is 5.21 Å². The van der Waals surface area contributed by atoms with Gasteiger partial charge >= 0.3 is 0 Å². The van der Waals surface area contributed by atoms with E-state index in [2.05, 4.69) is 10.5 Å². The van der Waals surface area contributed by atoms with Crippen LogP contribution in [0.2, 0.25) is 0 Å². The Morgan fingerprint density at radius 2 is 2.67 bits per heavy atom. The Balaban J connectivity index is 2.57. The Labute approximate surface area is 53.4 Å². The summed E-state index contributed by atoms with van der Waals surface area (Å²) < 4.78 is 0. The highest BCUT2D eigenvalue weighted by Crippen LogP contribution is 1.93. The van der Waals surface area contributed by atoms with Crippen molar-refractivity contribution in [2.75, 3.05) is 6.54 Å². The molecule has 1 aliphatic rings. The van der Waals surface area contributed by atoms with E-state index in [9.17, 15) is 0 Å². The van der Waals surface area contributed by atoms with E-state index in [1.165, 1.54) is 6.21 Å². The lowest BCUT2D eigenvalue weighted by atomic mass is 10.2. The van der Waals surface area contributed by atoms with Crippen molar-refractivity contribution in [2.45, 2.75) is 0 Å². The highest BCUT2D eigenvalue weighted by Gasteiger charge is 1.92. The summed E-state index contributed by atoms with van der Waals surface area (Å²) in [6, 6.07) is 0. The van der Waals surface area contributed by atoms with Gasteiger partial charge in [-0.25, -0.2) is 0 Å². The van der Waals surface area contributed by atoms with Crippen LogP contribution in [0.25, 0.3) is 0 Å². The first-order valence-corrected chi connectivity index (χ1v) is 2.70. The molecule has 1 heterocycles. The van der Waals surface area contributed by atoms with Crippen LogP contribution in [0.15, 0.2) is 29.1 Å². The maximum absolute atomic E-state index is 8.10. The Morgan fingerprint density at radius 1 is 1.78 bits per heavy atom. The smallest absolute Gasteiger partial charge is 0.0711 e. The number of hydrogen-bond donors (Lipinski definition) is 2. The van der Waals surface area contributed by atoms with Gasteiger partial charge in [-0.1, -0.05) is 11.2 Å². The number of rotatable bonds is 1. The number of oxime groups is 1. The molecule has 48 valence electrons. The Kier molecular flexibility index (Phi) is 1.90. The van der Waals surface area contributed by atoms with Gasteiger partial charge in [0, 0.05) is 6.54 Å². The lowest BCUT2D eigenvalue weighted by Crippen LogP contribution is -2.12. The highest BCUT2D eigenvalue weighted by molar-refractivity contribution is 5.79. The van der Waals surface area contributed by atoms with Crippen LogP contribution in [-0.4, -0.2) is 18.0 Å². The zero-order valence-corrected chi connectivity index (χ0v) is 4.91. The third-order valence-corrected chi connectivity index (χ3v) is 1.05. The summed E-state index contributed by atoms with van der Waals surface area (Å²) in [7, 11) is 0. The van der Waals surface area contributed by atoms with Gasteiger partial charge in [-0.05, 0) is 17.8 Å². The van der Waals surface area contributed by atoms with Gasteiger partial charge in [0.15, 0.2) is 0 Å². The highest BCUT2D eigenvalue weighted by atomic mass is 16.4. The molecule has 0 saturated heterocycles. The van der Waals surface area contributed by atoms with Gasteiger partial charge < -0.3 is 10.5 Å². The second kappa shape index (κ2) is 2.91. The average molecular weight is 124 g/mol. The number of nitrogens with one attached hydrogen (secondary N) is 1. The fraction of sp³-hybridized carbons (Fsp3) is 0.167. The molecule has 0 aromatic rings. The number of dihydropyridines is 1. The van der Waals surface area contributed by atoms with Gasteiger partial charge in [-0.3, -0.25) is 0 Å². The summed E-state index contributed by atoms with van der Waals surface area (Å²) in [6.45, 7) is 0.737. The van der Waals surface area contributed by atoms with Gasteiger partial charge in [0.25, 0.3) is 0 Å². The molecule has 0 unspecified atom stereocenters. The Bertz CT molecular complexity index is 170. The average Bonchev–Trinajstić information content (AvgIpc) is 1.91. The van der Waals surface area contributed by atoms with E-state index >= 15 is 0 Å². The maximum Gasteiger partial charge on any atom is 0.0711 e. The van der Waals surface area contributed by atoms with E-state index in [1.54, 1.807) is 0 Å². The van der Waals surface area contributed by atoms with Crippen LogP contribution < -0.4 is 5.32 Å². The molecule has 3 heteroatoms. The van der Waals surface area contributed by atoms with Crippen LogP contribution in [0.4, 0.5) is 0 Å². The fourth-order valence-corrected chi connectivity index (χ4v) is 0.638. The largest absolute Gasteiger partial charge is 0.411 e. The first-order valence-electron chi connectivity index (χ1n) is 2.70. The number of nitrogens with zero attached hydrogens (tertiary/aromatic N) is 1. The molecule has 0 amide bonds. The van der Waals surface area contributed by atoms with Crippen LogP contribution in [0, 0.1) is 0 Å². The standard InChI is InChI=1S/C6H8N2O/c9-8-5-6-2-1-3-7-4-6/h1-3,5,7,9H,4H2. The van der Waals surface area contributed by atoms with Gasteiger partial charge in [0.05, 0.1) is 6.21 Å². The van der Waals surface area contributed by atoms with Crippen molar-refractivity contribution in [1.29, 1.82) is 0 Å². The molecule has 0 bridgehead atoms. The van der Waals surface area contributed by atoms with Crippen molar-refractivity contribution in [3.05, 3.63) is 23.9 Å². The summed E-state index contributed by atoms with van der Waals surface area (Å²) in [5, 5.41) is 14.0. The van der Waals surface area contributed by atoms with Gasteiger partial charge in [0.1, 0.15) is 0 Å². The number of hydrogen-bond acceptors (Lipinski definition) is 3. The van der Waals surface area contributed by atoms with E-state index in [0.29, 0.717) is 0 Å². The van der Waals surface area contributed by atoms with Gasteiger partial charge in [-0.2, -0.15) is 0 Å². The Hall–Kier alpha value is -1.25. The van der Waals surface area contributed by atoms with Crippen LogP contribution in [-0.2, 0) is 0 Å². The fourth-order valence-electron chi connectivity index (χ4n) is 0.638. The molecule has 0 saturated carbocycles. The predicted molar refractivity (Wildman–Crippen MR) is 35.5 cm³/mol. The first-order chi connectivity index (χ1) is 4.43. The molecular formula is C6H8N2O. The van der Waals surface area contributed by atoms with Crippen molar-refractivity contribution < 1.29 is 5.21 Å². The topological polar surface area (TPSA) is 44.6 Å². The minimum atomic E-state index is 0.737. The van der Waals surface area contributed by atoms with Gasteiger partial charge in [0.2, 0.25) is 0 Å². The van der Waals surface area contributed by atoms with Crippen LogP contribution in [0.1, 0.15) is 0 Å². The van der Waals surface area contributed by atoms with Crippen LogP contribution in [0.3, 0.4) is 0 Å². The molecule has 0 radical (unpaired) electrons. The quantitative estimate of drug-likeness (QED) is 0.303. The Morgan fingerprint density at radius 3 is 3.22 bits per heavy atom. The molecule has 0 fully saturated rings. The summed E-state index contributed by atoms with van der Waals surface area (Å²) in [5.74, 6) is 0. The maximum atomic E-state index is 8.10. The van der Waals surface area contributed by atoms with Crippen LogP contribution >= 0.6 is 0 Å². The molecule has 0 aromatic carbocycles. The van der Waals surface area contributed by atoms with Crippen molar-refractivity contribution in [3.63, 3.8) is 0 Å². The molecule has 0 atom stereocenters. The lowest BCUT2D eigenvalue weighted by Gasteiger charge is -2.03. The molecule has 1 rings (SSSR count). The van der Waals surface area contributed by atoms with Crippen LogP contribution in [0.5, 0.6) is 0 Å². The SMILES string of the molecule is ON=CC1=CC=CNC1. The minimum absolute atomic E-state index is 0.737. The monoisotopic (exact) mass is 124 g/mol. The second-order valence-corrected chi connectivity index (χ2v) is 1.73. The lowest BCUT2D eigenvalue weighted by molar-refractivity contribution is 0.321. The zero-order valence-electron chi connectivity index (χ0n) is 4.91. The molecular weight excluding hydrogens is 116 g/mol. The minimum Gasteiger partial charge on any atom is -0.411 e. The number of allylic oxidation sites excluding steroid dienone is 2. The summed E-state index contributed by atoms with van der Waals surface area (Å²) in [4.78, 5) is 0. The summed E-state index contributed by atoms with van der Waals surface area (Å²) in [6.07, 6.45) is 7.00. The summed E-state index contributed by atoms with van der Waals surface area (Å²) >= 11 is 0. The third-order valence-electron chi connectivity index (χ3n) is 1.05. The zero-order chi connectivity index (χ0) is 6.53.